The Hall–Kier alpha value is -0.900. The second-order valence-corrected chi connectivity index (χ2v) is 7.17. The SMILES string of the molecule is Brc1cc2c3ccsc3cc(Br)c2c2ccccc12. The molecule has 4 rings (SSSR count). The van der Waals surface area contributed by atoms with E-state index in [4.69, 9.17) is 0 Å². The molecule has 0 atom stereocenters. The molecule has 0 radical (unpaired) electrons. The van der Waals surface area contributed by atoms with Crippen LogP contribution in [0, 0.1) is 0 Å². The van der Waals surface area contributed by atoms with Gasteiger partial charge in [-0.05, 0) is 39.7 Å². The number of hydrogen-bond acceptors (Lipinski definition) is 1. The molecule has 1 heterocycles. The predicted molar refractivity (Wildman–Crippen MR) is 92.2 cm³/mol. The molecule has 4 aromatic rings. The van der Waals surface area contributed by atoms with Gasteiger partial charge in [0.2, 0.25) is 0 Å². The number of rotatable bonds is 0. The van der Waals surface area contributed by atoms with Crippen LogP contribution in [0.15, 0.2) is 56.8 Å². The molecule has 0 amide bonds. The molecule has 0 saturated carbocycles. The summed E-state index contributed by atoms with van der Waals surface area (Å²) in [7, 11) is 0. The van der Waals surface area contributed by atoms with E-state index < -0.39 is 0 Å². The van der Waals surface area contributed by atoms with Crippen LogP contribution in [0.25, 0.3) is 31.6 Å². The summed E-state index contributed by atoms with van der Waals surface area (Å²) in [5.74, 6) is 0. The highest BCUT2D eigenvalue weighted by Crippen LogP contribution is 2.41. The molecule has 92 valence electrons. The third-order valence-electron chi connectivity index (χ3n) is 3.48. The fourth-order valence-electron chi connectivity index (χ4n) is 2.64. The molecular formula is C16H8Br2S. The quantitative estimate of drug-likeness (QED) is 0.291. The summed E-state index contributed by atoms with van der Waals surface area (Å²) in [4.78, 5) is 0. The van der Waals surface area contributed by atoms with Crippen LogP contribution in [0.1, 0.15) is 0 Å². The fraction of sp³-hybridized carbons (Fsp3) is 0. The maximum Gasteiger partial charge on any atom is 0.0360 e. The first-order valence-electron chi connectivity index (χ1n) is 5.92. The molecule has 0 spiro atoms. The zero-order valence-electron chi connectivity index (χ0n) is 9.78. The van der Waals surface area contributed by atoms with Crippen molar-refractivity contribution >= 4 is 74.8 Å². The van der Waals surface area contributed by atoms with Crippen molar-refractivity contribution in [1.29, 1.82) is 0 Å². The van der Waals surface area contributed by atoms with Crippen molar-refractivity contribution < 1.29 is 0 Å². The van der Waals surface area contributed by atoms with E-state index in [2.05, 4.69) is 79.7 Å². The van der Waals surface area contributed by atoms with E-state index >= 15 is 0 Å². The maximum atomic E-state index is 3.74. The molecule has 0 aliphatic carbocycles. The molecule has 3 aromatic carbocycles. The molecule has 0 unspecified atom stereocenters. The minimum absolute atomic E-state index is 1.15. The number of hydrogen-bond donors (Lipinski definition) is 0. The van der Waals surface area contributed by atoms with Gasteiger partial charge in [0.05, 0.1) is 0 Å². The molecule has 0 saturated heterocycles. The molecule has 19 heavy (non-hydrogen) atoms. The van der Waals surface area contributed by atoms with Crippen LogP contribution >= 0.6 is 43.2 Å². The lowest BCUT2D eigenvalue weighted by Crippen LogP contribution is -1.82. The van der Waals surface area contributed by atoms with Gasteiger partial charge in [-0.3, -0.25) is 0 Å². The topological polar surface area (TPSA) is 0 Å². The smallest absolute Gasteiger partial charge is 0.0360 e. The van der Waals surface area contributed by atoms with Gasteiger partial charge in [-0.25, -0.2) is 0 Å². The molecule has 0 bridgehead atoms. The Kier molecular flexibility index (Phi) is 2.69. The Labute approximate surface area is 131 Å². The highest BCUT2D eigenvalue weighted by atomic mass is 79.9. The Morgan fingerprint density at radius 3 is 2.37 bits per heavy atom. The minimum Gasteiger partial charge on any atom is -0.144 e. The summed E-state index contributed by atoms with van der Waals surface area (Å²) in [6, 6.07) is 15.2. The summed E-state index contributed by atoms with van der Waals surface area (Å²) in [5.41, 5.74) is 0. The lowest BCUT2D eigenvalue weighted by atomic mass is 10.00. The van der Waals surface area contributed by atoms with E-state index in [0.717, 1.165) is 4.47 Å². The van der Waals surface area contributed by atoms with Crippen molar-refractivity contribution in [3.05, 3.63) is 56.8 Å². The lowest BCUT2D eigenvalue weighted by Gasteiger charge is -2.09. The first-order chi connectivity index (χ1) is 9.25. The average molecular weight is 392 g/mol. The summed E-state index contributed by atoms with van der Waals surface area (Å²) in [6.07, 6.45) is 0. The highest BCUT2D eigenvalue weighted by molar-refractivity contribution is 9.11. The van der Waals surface area contributed by atoms with Gasteiger partial charge in [0.25, 0.3) is 0 Å². The van der Waals surface area contributed by atoms with E-state index in [1.807, 2.05) is 0 Å². The summed E-state index contributed by atoms with van der Waals surface area (Å²) >= 11 is 9.23. The van der Waals surface area contributed by atoms with Gasteiger partial charge in [-0.2, -0.15) is 0 Å². The third-order valence-corrected chi connectivity index (χ3v) is 5.62. The van der Waals surface area contributed by atoms with Crippen molar-refractivity contribution in [3.8, 4) is 0 Å². The molecule has 3 heteroatoms. The van der Waals surface area contributed by atoms with Gasteiger partial charge < -0.3 is 0 Å². The monoisotopic (exact) mass is 390 g/mol. The Balaban J connectivity index is 2.40. The Morgan fingerprint density at radius 1 is 0.737 bits per heavy atom. The van der Waals surface area contributed by atoms with Crippen molar-refractivity contribution in [2.24, 2.45) is 0 Å². The lowest BCUT2D eigenvalue weighted by molar-refractivity contribution is 1.75. The van der Waals surface area contributed by atoms with E-state index in [0.29, 0.717) is 0 Å². The normalized spacial score (nSPS) is 11.7. The zero-order valence-corrected chi connectivity index (χ0v) is 13.8. The molecule has 0 fully saturated rings. The standard InChI is InChI=1S/C16H8Br2S/c17-13-7-12-10-5-6-19-15(10)8-14(18)16(12)11-4-2-1-3-9(11)13/h1-8H. The van der Waals surface area contributed by atoms with Gasteiger partial charge in [-0.15, -0.1) is 11.3 Å². The molecule has 0 aliphatic heterocycles. The van der Waals surface area contributed by atoms with Gasteiger partial charge in [0.1, 0.15) is 0 Å². The average Bonchev–Trinajstić information content (AvgIpc) is 2.87. The van der Waals surface area contributed by atoms with Crippen molar-refractivity contribution in [2.45, 2.75) is 0 Å². The van der Waals surface area contributed by atoms with Gasteiger partial charge in [0.15, 0.2) is 0 Å². The van der Waals surface area contributed by atoms with Gasteiger partial charge in [0, 0.05) is 24.4 Å². The highest BCUT2D eigenvalue weighted by Gasteiger charge is 2.11. The second kappa shape index (κ2) is 4.30. The fourth-order valence-corrected chi connectivity index (χ4v) is 4.87. The predicted octanol–water partition coefficient (Wildman–Crippen LogP) is 6.73. The second-order valence-electron chi connectivity index (χ2n) is 4.52. The molecule has 0 aliphatic rings. The number of halogens is 2. The van der Waals surface area contributed by atoms with Crippen LogP contribution in [-0.4, -0.2) is 0 Å². The van der Waals surface area contributed by atoms with Gasteiger partial charge in [-0.1, -0.05) is 56.1 Å². The molecule has 0 nitrogen and oxygen atoms in total. The first-order valence-corrected chi connectivity index (χ1v) is 8.39. The summed E-state index contributed by atoms with van der Waals surface area (Å²) in [6.45, 7) is 0. The molecular weight excluding hydrogens is 384 g/mol. The largest absolute Gasteiger partial charge is 0.144 e. The van der Waals surface area contributed by atoms with Crippen LogP contribution in [0.3, 0.4) is 0 Å². The van der Waals surface area contributed by atoms with Crippen LogP contribution < -0.4 is 0 Å². The minimum atomic E-state index is 1.15. The number of thiophene rings is 1. The Morgan fingerprint density at radius 2 is 1.53 bits per heavy atom. The van der Waals surface area contributed by atoms with Crippen molar-refractivity contribution in [1.82, 2.24) is 0 Å². The third kappa shape index (κ3) is 1.69. The van der Waals surface area contributed by atoms with E-state index in [1.54, 1.807) is 11.3 Å². The van der Waals surface area contributed by atoms with Crippen LogP contribution in [-0.2, 0) is 0 Å². The zero-order chi connectivity index (χ0) is 13.0. The Bertz CT molecular complexity index is 938. The summed E-state index contributed by atoms with van der Waals surface area (Å²) in [5, 5.41) is 8.62. The van der Waals surface area contributed by atoms with Crippen LogP contribution in [0.2, 0.25) is 0 Å². The van der Waals surface area contributed by atoms with Crippen molar-refractivity contribution in [2.75, 3.05) is 0 Å². The van der Waals surface area contributed by atoms with Gasteiger partial charge >= 0.3 is 0 Å². The molecule has 1 aromatic heterocycles. The van der Waals surface area contributed by atoms with Crippen molar-refractivity contribution in [3.63, 3.8) is 0 Å². The molecule has 0 N–H and O–H groups in total. The van der Waals surface area contributed by atoms with E-state index in [-0.39, 0.29) is 0 Å². The first kappa shape index (κ1) is 11.9. The van der Waals surface area contributed by atoms with Crippen LogP contribution in [0.4, 0.5) is 0 Å². The number of fused-ring (bicyclic) bond motifs is 5. The van der Waals surface area contributed by atoms with E-state index in [9.17, 15) is 0 Å². The summed E-state index contributed by atoms with van der Waals surface area (Å²) < 4.78 is 3.64. The van der Waals surface area contributed by atoms with Crippen LogP contribution in [0.5, 0.6) is 0 Å². The number of benzene rings is 3. The van der Waals surface area contributed by atoms with E-state index in [1.165, 1.54) is 36.1 Å². The maximum absolute atomic E-state index is 3.74.